The van der Waals surface area contributed by atoms with Gasteiger partial charge in [-0.1, -0.05) is 30.3 Å². The number of carbonyl (C=O) groups is 1. The minimum Gasteiger partial charge on any atom is -0.390 e. The summed E-state index contributed by atoms with van der Waals surface area (Å²) < 4.78 is 40.0. The molecule has 0 aromatic heterocycles. The monoisotopic (exact) mass is 330 g/mol. The standard InChI is InChI=1S/C15H17F3N2O3/c16-15(17,18)13(23)6-12(22)20-8-11(21)7-19-14(20,9-13)10-4-2-1-3-5-10/h1-5,11,19,21,23H,6-9H2/t11-,13-,14-/m0/s1. The van der Waals surface area contributed by atoms with Crippen LogP contribution in [-0.4, -0.2) is 52.0 Å². The van der Waals surface area contributed by atoms with Crippen LogP contribution in [0.2, 0.25) is 0 Å². The molecule has 8 heteroatoms. The molecule has 0 radical (unpaired) electrons. The van der Waals surface area contributed by atoms with Gasteiger partial charge in [0.2, 0.25) is 5.91 Å². The topological polar surface area (TPSA) is 72.8 Å². The number of nitrogens with zero attached hydrogens (tertiary/aromatic N) is 1. The number of aliphatic hydroxyl groups is 2. The smallest absolute Gasteiger partial charge is 0.390 e. The zero-order valence-electron chi connectivity index (χ0n) is 12.2. The van der Waals surface area contributed by atoms with E-state index in [1.54, 1.807) is 30.3 Å². The fourth-order valence-electron chi connectivity index (χ4n) is 3.39. The van der Waals surface area contributed by atoms with Gasteiger partial charge in [-0.15, -0.1) is 0 Å². The first-order valence-electron chi connectivity index (χ1n) is 7.26. The molecular formula is C15H17F3N2O3. The van der Waals surface area contributed by atoms with Gasteiger partial charge >= 0.3 is 6.18 Å². The first-order chi connectivity index (χ1) is 10.7. The van der Waals surface area contributed by atoms with E-state index in [1.165, 1.54) is 4.90 Å². The minimum atomic E-state index is -4.92. The van der Waals surface area contributed by atoms with Crippen molar-refractivity contribution in [2.24, 2.45) is 0 Å². The van der Waals surface area contributed by atoms with Gasteiger partial charge in [0, 0.05) is 19.5 Å². The Balaban J connectivity index is 2.11. The van der Waals surface area contributed by atoms with Gasteiger partial charge in [-0.2, -0.15) is 13.2 Å². The molecule has 2 aliphatic rings. The number of β-amino-alcohol motifs (C(OH)–C–C–N with tert-alkyl or cyclic N) is 1. The highest BCUT2D eigenvalue weighted by Crippen LogP contribution is 2.48. The summed E-state index contributed by atoms with van der Waals surface area (Å²) in [5.74, 6) is -0.842. The molecule has 2 fully saturated rings. The molecule has 0 aliphatic carbocycles. The summed E-state index contributed by atoms with van der Waals surface area (Å²) in [5.41, 5.74) is -4.14. The van der Waals surface area contributed by atoms with E-state index in [-0.39, 0.29) is 13.1 Å². The summed E-state index contributed by atoms with van der Waals surface area (Å²) in [5, 5.41) is 22.8. The van der Waals surface area contributed by atoms with Crippen molar-refractivity contribution in [1.82, 2.24) is 10.2 Å². The second kappa shape index (κ2) is 5.19. The van der Waals surface area contributed by atoms with Crippen LogP contribution in [0, 0.1) is 0 Å². The number of alkyl halides is 3. The van der Waals surface area contributed by atoms with Crippen LogP contribution >= 0.6 is 0 Å². The van der Waals surface area contributed by atoms with E-state index in [0.717, 1.165) is 0 Å². The molecular weight excluding hydrogens is 313 g/mol. The number of halogens is 3. The summed E-state index contributed by atoms with van der Waals surface area (Å²) >= 11 is 0. The van der Waals surface area contributed by atoms with E-state index in [2.05, 4.69) is 5.32 Å². The van der Waals surface area contributed by atoms with Gasteiger partial charge in [0.05, 0.1) is 12.5 Å². The molecule has 1 amide bonds. The summed E-state index contributed by atoms with van der Waals surface area (Å²) in [6.45, 7) is -0.0404. The van der Waals surface area contributed by atoms with Crippen molar-refractivity contribution in [3.05, 3.63) is 35.9 Å². The van der Waals surface area contributed by atoms with Crippen LogP contribution in [0.25, 0.3) is 0 Å². The Morgan fingerprint density at radius 1 is 1.26 bits per heavy atom. The van der Waals surface area contributed by atoms with Crippen molar-refractivity contribution >= 4 is 5.91 Å². The van der Waals surface area contributed by atoms with E-state index >= 15 is 0 Å². The molecule has 3 rings (SSSR count). The summed E-state index contributed by atoms with van der Waals surface area (Å²) in [4.78, 5) is 13.5. The maximum Gasteiger partial charge on any atom is 0.417 e. The number of amides is 1. The molecule has 5 nitrogen and oxygen atoms in total. The average molecular weight is 330 g/mol. The lowest BCUT2D eigenvalue weighted by molar-refractivity contribution is -0.286. The number of hydrogen-bond donors (Lipinski definition) is 3. The van der Waals surface area contributed by atoms with Gasteiger partial charge in [-0.3, -0.25) is 10.1 Å². The maximum atomic E-state index is 13.3. The molecule has 0 unspecified atom stereocenters. The molecule has 2 heterocycles. The molecule has 0 spiro atoms. The van der Waals surface area contributed by atoms with Gasteiger partial charge in [0.25, 0.3) is 0 Å². The molecule has 126 valence electrons. The first kappa shape index (κ1) is 16.2. The maximum absolute atomic E-state index is 13.3. The number of carbonyl (C=O) groups excluding carboxylic acids is 1. The van der Waals surface area contributed by atoms with Gasteiger partial charge in [0.15, 0.2) is 5.60 Å². The third-order valence-corrected chi connectivity index (χ3v) is 4.56. The first-order valence-corrected chi connectivity index (χ1v) is 7.26. The van der Waals surface area contributed by atoms with Crippen molar-refractivity contribution in [1.29, 1.82) is 0 Å². The van der Waals surface area contributed by atoms with Crippen molar-refractivity contribution in [3.8, 4) is 0 Å². The minimum absolute atomic E-state index is 0.0343. The molecule has 3 N–H and O–H groups in total. The Hall–Kier alpha value is -1.64. The van der Waals surface area contributed by atoms with Crippen molar-refractivity contribution in [2.75, 3.05) is 13.1 Å². The predicted octanol–water partition coefficient (Wildman–Crippen LogP) is 0.719. The van der Waals surface area contributed by atoms with Gasteiger partial charge in [0.1, 0.15) is 5.66 Å². The quantitative estimate of drug-likeness (QED) is 0.709. The Morgan fingerprint density at radius 3 is 2.52 bits per heavy atom. The number of piperidine rings is 1. The van der Waals surface area contributed by atoms with Crippen LogP contribution in [0.1, 0.15) is 18.4 Å². The van der Waals surface area contributed by atoms with Gasteiger partial charge in [-0.05, 0) is 5.56 Å². The van der Waals surface area contributed by atoms with Crippen LogP contribution in [0.15, 0.2) is 30.3 Å². The fraction of sp³-hybridized carbons (Fsp3) is 0.533. The molecule has 1 aromatic rings. The van der Waals surface area contributed by atoms with Crippen molar-refractivity contribution in [2.45, 2.75) is 36.4 Å². The normalized spacial score (nSPS) is 35.1. The van der Waals surface area contributed by atoms with Crippen LogP contribution in [0.4, 0.5) is 13.2 Å². The Morgan fingerprint density at radius 2 is 1.91 bits per heavy atom. The molecule has 23 heavy (non-hydrogen) atoms. The molecule has 0 bridgehead atoms. The summed E-state index contributed by atoms with van der Waals surface area (Å²) in [6, 6.07) is 8.23. The third kappa shape index (κ3) is 2.50. The Kier molecular flexibility index (Phi) is 3.66. The number of aliphatic hydroxyl groups excluding tert-OH is 1. The van der Waals surface area contributed by atoms with E-state index in [4.69, 9.17) is 0 Å². The number of rotatable bonds is 1. The molecule has 2 saturated heterocycles. The highest BCUT2D eigenvalue weighted by atomic mass is 19.4. The number of nitrogens with one attached hydrogen (secondary N) is 1. The van der Waals surface area contributed by atoms with Crippen LogP contribution in [0.3, 0.4) is 0 Å². The summed E-state index contributed by atoms with van der Waals surface area (Å²) in [7, 11) is 0. The zero-order valence-corrected chi connectivity index (χ0v) is 12.2. The fourth-order valence-corrected chi connectivity index (χ4v) is 3.39. The lowest BCUT2D eigenvalue weighted by atomic mass is 9.76. The van der Waals surface area contributed by atoms with Crippen molar-refractivity contribution in [3.63, 3.8) is 0 Å². The van der Waals surface area contributed by atoms with Gasteiger partial charge < -0.3 is 15.1 Å². The third-order valence-electron chi connectivity index (χ3n) is 4.56. The Bertz CT molecular complexity index is 610. The zero-order chi connectivity index (χ0) is 16.9. The van der Waals surface area contributed by atoms with Crippen molar-refractivity contribution < 1.29 is 28.2 Å². The van der Waals surface area contributed by atoms with E-state index in [9.17, 15) is 28.2 Å². The SMILES string of the molecule is O=C1C[C@@](O)(C(F)(F)F)C[C@]2(c3ccccc3)NC[C@H](O)CN12. The highest BCUT2D eigenvalue weighted by Gasteiger charge is 2.64. The van der Waals surface area contributed by atoms with Crippen LogP contribution in [-0.2, 0) is 10.5 Å². The molecule has 1 aromatic carbocycles. The lowest BCUT2D eigenvalue weighted by Crippen LogP contribution is -2.73. The van der Waals surface area contributed by atoms with E-state index in [1.807, 2.05) is 0 Å². The van der Waals surface area contributed by atoms with Crippen LogP contribution in [0.5, 0.6) is 0 Å². The number of fused-ring (bicyclic) bond motifs is 1. The van der Waals surface area contributed by atoms with Gasteiger partial charge in [-0.25, -0.2) is 0 Å². The molecule has 0 saturated carbocycles. The molecule has 2 aliphatic heterocycles. The Labute approximate surface area is 130 Å². The number of benzene rings is 1. The predicted molar refractivity (Wildman–Crippen MR) is 74.1 cm³/mol. The molecule has 3 atom stereocenters. The van der Waals surface area contributed by atoms with E-state index in [0.29, 0.717) is 5.56 Å². The second-order valence-electron chi connectivity index (χ2n) is 6.15. The second-order valence-corrected chi connectivity index (χ2v) is 6.15. The summed E-state index contributed by atoms with van der Waals surface area (Å²) in [6.07, 6.45) is -7.55. The lowest BCUT2D eigenvalue weighted by Gasteiger charge is -2.56. The van der Waals surface area contributed by atoms with Crippen LogP contribution < -0.4 is 5.32 Å². The number of hydrogen-bond acceptors (Lipinski definition) is 4. The largest absolute Gasteiger partial charge is 0.417 e. The highest BCUT2D eigenvalue weighted by molar-refractivity contribution is 5.80. The van der Waals surface area contributed by atoms with E-state index < -0.39 is 42.3 Å². The average Bonchev–Trinajstić information content (AvgIpc) is 2.48.